The van der Waals surface area contributed by atoms with Crippen molar-refractivity contribution in [2.75, 3.05) is 0 Å². The van der Waals surface area contributed by atoms with Gasteiger partial charge in [0.1, 0.15) is 5.65 Å². The van der Waals surface area contributed by atoms with Gasteiger partial charge in [0.05, 0.1) is 0 Å². The second-order valence-corrected chi connectivity index (χ2v) is 5.30. The summed E-state index contributed by atoms with van der Waals surface area (Å²) >= 11 is 0. The number of nitrogens with two attached hydrogens (primary N) is 1. The van der Waals surface area contributed by atoms with Gasteiger partial charge in [-0.15, -0.1) is 0 Å². The van der Waals surface area contributed by atoms with Crippen LogP contribution in [0.1, 0.15) is 45.1 Å². The third-order valence-corrected chi connectivity index (χ3v) is 3.73. The second-order valence-electron chi connectivity index (χ2n) is 5.30. The number of hydrogen-bond donors (Lipinski definition) is 1. The maximum atomic E-state index is 6.10. The van der Waals surface area contributed by atoms with Gasteiger partial charge in [-0.05, 0) is 37.0 Å². The highest BCUT2D eigenvalue weighted by atomic mass is 15.0. The zero-order chi connectivity index (χ0) is 13.7. The molecule has 0 aromatic carbocycles. The molecule has 1 unspecified atom stereocenters. The molecule has 0 amide bonds. The zero-order valence-electron chi connectivity index (χ0n) is 12.1. The van der Waals surface area contributed by atoms with Crippen LogP contribution in [0.15, 0.2) is 24.5 Å². The van der Waals surface area contributed by atoms with E-state index >= 15 is 0 Å². The maximum absolute atomic E-state index is 6.10. The summed E-state index contributed by atoms with van der Waals surface area (Å²) in [6, 6.07) is 4.42. The maximum Gasteiger partial charge on any atom is 0.140 e. The van der Waals surface area contributed by atoms with Gasteiger partial charge < -0.3 is 10.3 Å². The quantitative estimate of drug-likeness (QED) is 0.773. The van der Waals surface area contributed by atoms with Crippen LogP contribution in [0.5, 0.6) is 0 Å². The first-order valence-electron chi connectivity index (χ1n) is 7.44. The number of fused-ring (bicyclic) bond motifs is 1. The number of rotatable bonds is 7. The van der Waals surface area contributed by atoms with Crippen molar-refractivity contribution >= 4 is 11.0 Å². The summed E-state index contributed by atoms with van der Waals surface area (Å²) in [4.78, 5) is 4.54. The third kappa shape index (κ3) is 3.35. The van der Waals surface area contributed by atoms with Gasteiger partial charge >= 0.3 is 0 Å². The van der Waals surface area contributed by atoms with Crippen LogP contribution in [0.3, 0.4) is 0 Å². The SMILES string of the molecule is CCCCCn1cc(CC(N)CC)c2cccnc21. The van der Waals surface area contributed by atoms with E-state index < -0.39 is 0 Å². The summed E-state index contributed by atoms with van der Waals surface area (Å²) in [6.45, 7) is 5.43. The molecule has 3 nitrogen and oxygen atoms in total. The molecule has 0 aliphatic carbocycles. The van der Waals surface area contributed by atoms with Gasteiger partial charge in [0.15, 0.2) is 0 Å². The second kappa shape index (κ2) is 6.71. The van der Waals surface area contributed by atoms with Gasteiger partial charge in [0, 0.05) is 30.4 Å². The van der Waals surface area contributed by atoms with Crippen molar-refractivity contribution in [2.24, 2.45) is 5.73 Å². The van der Waals surface area contributed by atoms with E-state index in [-0.39, 0.29) is 6.04 Å². The predicted octanol–water partition coefficient (Wildman–Crippen LogP) is 3.51. The number of aromatic nitrogens is 2. The molecule has 0 saturated carbocycles. The van der Waals surface area contributed by atoms with E-state index in [4.69, 9.17) is 5.73 Å². The minimum atomic E-state index is 0.245. The monoisotopic (exact) mass is 259 g/mol. The summed E-state index contributed by atoms with van der Waals surface area (Å²) in [5.41, 5.74) is 8.55. The van der Waals surface area contributed by atoms with Crippen LogP contribution >= 0.6 is 0 Å². The predicted molar refractivity (Wildman–Crippen MR) is 81.2 cm³/mol. The van der Waals surface area contributed by atoms with Crippen molar-refractivity contribution in [3.8, 4) is 0 Å². The molecule has 0 spiro atoms. The van der Waals surface area contributed by atoms with Gasteiger partial charge in [0.2, 0.25) is 0 Å². The summed E-state index contributed by atoms with van der Waals surface area (Å²) in [7, 11) is 0. The van der Waals surface area contributed by atoms with E-state index in [2.05, 4.69) is 35.7 Å². The molecule has 19 heavy (non-hydrogen) atoms. The van der Waals surface area contributed by atoms with E-state index in [1.54, 1.807) is 0 Å². The summed E-state index contributed by atoms with van der Waals surface area (Å²) in [5, 5.41) is 1.27. The fourth-order valence-electron chi connectivity index (χ4n) is 2.49. The van der Waals surface area contributed by atoms with Crippen LogP contribution in [-0.4, -0.2) is 15.6 Å². The topological polar surface area (TPSA) is 43.8 Å². The Morgan fingerprint density at radius 2 is 2.16 bits per heavy atom. The van der Waals surface area contributed by atoms with Crippen molar-refractivity contribution in [2.45, 2.75) is 58.5 Å². The van der Waals surface area contributed by atoms with Crippen LogP contribution in [-0.2, 0) is 13.0 Å². The highest BCUT2D eigenvalue weighted by Crippen LogP contribution is 2.21. The Morgan fingerprint density at radius 1 is 1.32 bits per heavy atom. The molecular weight excluding hydrogens is 234 g/mol. The fourth-order valence-corrected chi connectivity index (χ4v) is 2.49. The molecule has 0 aliphatic heterocycles. The molecule has 2 aromatic heterocycles. The first kappa shape index (κ1) is 14.1. The highest BCUT2D eigenvalue weighted by Gasteiger charge is 2.11. The molecule has 2 aromatic rings. The van der Waals surface area contributed by atoms with E-state index in [0.717, 1.165) is 25.0 Å². The lowest BCUT2D eigenvalue weighted by atomic mass is 10.1. The van der Waals surface area contributed by atoms with Crippen LogP contribution in [0, 0.1) is 0 Å². The largest absolute Gasteiger partial charge is 0.332 e. The molecule has 0 bridgehead atoms. The van der Waals surface area contributed by atoms with E-state index in [1.807, 2.05) is 12.3 Å². The van der Waals surface area contributed by atoms with Gasteiger partial charge in [-0.2, -0.15) is 0 Å². The Kier molecular flexibility index (Phi) is 4.97. The molecule has 104 valence electrons. The molecule has 0 fully saturated rings. The Labute approximate surface area is 115 Å². The molecule has 2 rings (SSSR count). The Hall–Kier alpha value is -1.35. The minimum Gasteiger partial charge on any atom is -0.332 e. The van der Waals surface area contributed by atoms with Crippen molar-refractivity contribution in [3.05, 3.63) is 30.1 Å². The molecule has 0 radical (unpaired) electrons. The van der Waals surface area contributed by atoms with Crippen LogP contribution in [0.2, 0.25) is 0 Å². The lowest BCUT2D eigenvalue weighted by Crippen LogP contribution is -2.21. The third-order valence-electron chi connectivity index (χ3n) is 3.73. The average Bonchev–Trinajstić information content (AvgIpc) is 2.78. The molecule has 0 saturated heterocycles. The summed E-state index contributed by atoms with van der Waals surface area (Å²) < 4.78 is 2.29. The molecule has 2 heterocycles. The number of nitrogens with zero attached hydrogens (tertiary/aromatic N) is 2. The van der Waals surface area contributed by atoms with Crippen molar-refractivity contribution in [3.63, 3.8) is 0 Å². The minimum absolute atomic E-state index is 0.245. The van der Waals surface area contributed by atoms with Crippen molar-refractivity contribution < 1.29 is 0 Å². The number of unbranched alkanes of at least 4 members (excludes halogenated alkanes) is 2. The van der Waals surface area contributed by atoms with Gasteiger partial charge in [-0.1, -0.05) is 26.7 Å². The number of hydrogen-bond acceptors (Lipinski definition) is 2. The highest BCUT2D eigenvalue weighted by molar-refractivity contribution is 5.80. The molecule has 1 atom stereocenters. The first-order valence-corrected chi connectivity index (χ1v) is 7.44. The molecule has 2 N–H and O–H groups in total. The van der Waals surface area contributed by atoms with Gasteiger partial charge in [-0.25, -0.2) is 4.98 Å². The number of pyridine rings is 1. The lowest BCUT2D eigenvalue weighted by Gasteiger charge is -2.06. The summed E-state index contributed by atoms with van der Waals surface area (Å²) in [5.74, 6) is 0. The van der Waals surface area contributed by atoms with Gasteiger partial charge in [-0.3, -0.25) is 0 Å². The van der Waals surface area contributed by atoms with Crippen molar-refractivity contribution in [1.29, 1.82) is 0 Å². The lowest BCUT2D eigenvalue weighted by molar-refractivity contribution is 0.608. The fraction of sp³-hybridized carbons (Fsp3) is 0.562. The Morgan fingerprint density at radius 3 is 2.89 bits per heavy atom. The van der Waals surface area contributed by atoms with E-state index in [1.165, 1.54) is 30.2 Å². The Bertz CT molecular complexity index is 516. The molecule has 3 heteroatoms. The first-order chi connectivity index (χ1) is 9.26. The summed E-state index contributed by atoms with van der Waals surface area (Å²) in [6.07, 6.45) is 9.83. The van der Waals surface area contributed by atoms with Crippen LogP contribution in [0.4, 0.5) is 0 Å². The average molecular weight is 259 g/mol. The van der Waals surface area contributed by atoms with Crippen LogP contribution in [0.25, 0.3) is 11.0 Å². The van der Waals surface area contributed by atoms with Crippen molar-refractivity contribution in [1.82, 2.24) is 9.55 Å². The smallest absolute Gasteiger partial charge is 0.140 e. The van der Waals surface area contributed by atoms with E-state index in [9.17, 15) is 0 Å². The van der Waals surface area contributed by atoms with E-state index in [0.29, 0.717) is 0 Å². The molecule has 0 aliphatic rings. The van der Waals surface area contributed by atoms with Gasteiger partial charge in [0.25, 0.3) is 0 Å². The Balaban J connectivity index is 2.26. The molecular formula is C16H25N3. The normalized spacial score (nSPS) is 13.0. The standard InChI is InChI=1S/C16H25N3/c1-3-5-6-10-19-12-13(11-14(17)4-2)15-8-7-9-18-16(15)19/h7-9,12,14H,3-6,10-11,17H2,1-2H3. The number of aryl methyl sites for hydroxylation is 1. The zero-order valence-corrected chi connectivity index (χ0v) is 12.1. The van der Waals surface area contributed by atoms with Crippen LogP contribution < -0.4 is 5.73 Å².